The van der Waals surface area contributed by atoms with E-state index in [1.807, 2.05) is 94.3 Å². The smallest absolute Gasteiger partial charge is 0.329 e. The van der Waals surface area contributed by atoms with Gasteiger partial charge in [-0.15, -0.1) is 0 Å². The average molecular weight is 1180 g/mol. The fraction of sp³-hybridized carbons (Fsp3) is 0.657. The number of rotatable bonds is 10. The van der Waals surface area contributed by atoms with Gasteiger partial charge in [0.05, 0.1) is 35.5 Å². The number of aliphatic hydroxyl groups excluding tert-OH is 2. The van der Waals surface area contributed by atoms with Gasteiger partial charge in [-0.1, -0.05) is 71.0 Å². The number of methoxy groups -OCH3 is 2. The summed E-state index contributed by atoms with van der Waals surface area (Å²) in [5, 5.41) is 37.4. The molecule has 1 saturated carbocycles. The van der Waals surface area contributed by atoms with Crippen LogP contribution in [0.4, 0.5) is 5.69 Å². The van der Waals surface area contributed by atoms with Crippen LogP contribution in [0.2, 0.25) is 0 Å². The number of aryl methyl sites for hydroxylation is 1. The molecule has 6 aliphatic rings. The molecule has 1 unspecified atom stereocenters. The number of Topliss-reactive ketones (excluding diaryl/α,β-unsaturated/α-hetero) is 3. The molecule has 3 fully saturated rings. The number of aromatic nitrogens is 1. The Balaban J connectivity index is 1.16. The maximum atomic E-state index is 14.7. The monoisotopic (exact) mass is 1180 g/mol. The van der Waals surface area contributed by atoms with Crippen molar-refractivity contribution < 1.29 is 72.6 Å². The molecule has 0 radical (unpaired) electrons. The molecule has 2 aromatic rings. The molecule has 0 spiro atoms. The number of ether oxygens (including phenoxy) is 5. The van der Waals surface area contributed by atoms with Gasteiger partial charge in [-0.3, -0.25) is 33.8 Å². The van der Waals surface area contributed by atoms with E-state index in [2.05, 4.69) is 11.1 Å². The molecule has 85 heavy (non-hydrogen) atoms. The fourth-order valence-electron chi connectivity index (χ4n) is 13.2. The Labute approximate surface area is 503 Å². The van der Waals surface area contributed by atoms with Crippen molar-refractivity contribution in [2.24, 2.45) is 40.9 Å². The number of carbonyl (C=O) groups is 6. The zero-order valence-corrected chi connectivity index (χ0v) is 52.1. The summed E-state index contributed by atoms with van der Waals surface area (Å²) < 4.78 is 30.4. The van der Waals surface area contributed by atoms with E-state index in [-0.39, 0.29) is 61.7 Å². The zero-order chi connectivity index (χ0) is 62.1. The highest BCUT2D eigenvalue weighted by atomic mass is 16.7. The number of pyridine rings is 1. The van der Waals surface area contributed by atoms with E-state index in [1.54, 1.807) is 54.0 Å². The fourth-order valence-corrected chi connectivity index (χ4v) is 13.2. The molecule has 6 heterocycles. The van der Waals surface area contributed by atoms with E-state index >= 15 is 0 Å². The highest BCUT2D eigenvalue weighted by Crippen LogP contribution is 2.39. The predicted octanol–water partition coefficient (Wildman–Crippen LogP) is 8.68. The summed E-state index contributed by atoms with van der Waals surface area (Å²) in [7, 11) is 2.94. The lowest BCUT2D eigenvalue weighted by atomic mass is 9.78. The number of hydroxylamine groups is 1. The minimum atomic E-state index is -2.51. The Hall–Kier alpha value is -5.47. The average Bonchev–Trinajstić information content (AvgIpc) is 1.67. The summed E-state index contributed by atoms with van der Waals surface area (Å²) in [4.78, 5) is 98.6. The van der Waals surface area contributed by atoms with Crippen molar-refractivity contribution in [3.63, 3.8) is 0 Å². The molecule has 2 saturated heterocycles. The number of para-hydroxylation sites is 1. The van der Waals surface area contributed by atoms with Gasteiger partial charge >= 0.3 is 11.9 Å². The number of hydrogen-bond acceptors (Lipinski definition) is 17. The van der Waals surface area contributed by atoms with Gasteiger partial charge in [0.1, 0.15) is 42.3 Å². The minimum Gasteiger partial charge on any atom is -0.460 e. The number of amides is 1. The highest BCUT2D eigenvalue weighted by Gasteiger charge is 2.53. The molecule has 4 bridgehead atoms. The van der Waals surface area contributed by atoms with E-state index in [4.69, 9.17) is 28.5 Å². The summed E-state index contributed by atoms with van der Waals surface area (Å²) in [5.41, 5.74) is 2.81. The molecule has 18 nitrogen and oxygen atoms in total. The largest absolute Gasteiger partial charge is 0.460 e. The first-order chi connectivity index (χ1) is 40.2. The third-order valence-corrected chi connectivity index (χ3v) is 18.6. The van der Waals surface area contributed by atoms with Crippen molar-refractivity contribution in [1.82, 2.24) is 9.88 Å². The Kier molecular flexibility index (Phi) is 23.3. The third-order valence-electron chi connectivity index (χ3n) is 18.6. The molecule has 3 N–H and O–H groups in total. The number of nitrogens with zero attached hydrogens (tertiary/aromatic N) is 3. The molecule has 1 aromatic carbocycles. The first-order valence-electron chi connectivity index (χ1n) is 30.9. The second kappa shape index (κ2) is 29.5. The maximum absolute atomic E-state index is 14.7. The quantitative estimate of drug-likeness (QED) is 0.115. The van der Waals surface area contributed by atoms with Crippen molar-refractivity contribution in [1.29, 1.82) is 0 Å². The lowest BCUT2D eigenvalue weighted by molar-refractivity contribution is -0.265. The van der Waals surface area contributed by atoms with Crippen LogP contribution in [-0.4, -0.2) is 148 Å². The summed E-state index contributed by atoms with van der Waals surface area (Å²) >= 11 is 0. The number of esters is 2. The number of ketones is 3. The lowest BCUT2D eigenvalue weighted by Gasteiger charge is -2.43. The summed E-state index contributed by atoms with van der Waals surface area (Å²) in [6, 6.07) is 11.9. The molecule has 18 heteroatoms. The lowest BCUT2D eigenvalue weighted by Crippen LogP contribution is -2.61. The first kappa shape index (κ1) is 67.0. The van der Waals surface area contributed by atoms with Crippen molar-refractivity contribution in [2.75, 3.05) is 25.8 Å². The van der Waals surface area contributed by atoms with Gasteiger partial charge in [0, 0.05) is 69.7 Å². The molecule has 1 aliphatic carbocycles. The number of aliphatic hydroxyl groups is 3. The number of piperidine rings is 1. The number of allylic oxidation sites excluding steroid dienone is 1. The van der Waals surface area contributed by atoms with Gasteiger partial charge in [-0.25, -0.2) is 9.86 Å². The second-order valence-electron chi connectivity index (χ2n) is 26.0. The SMILES string of the molecule is CO[C@H]1C[C@@H]2CC[C@@H](C)[C@@](O)(O2)C(=O)C(=O)N2CCCCC2C(=O)O[C@@H]([C@H](C)C[C@@H]2CC[C@@H](OC(=O)C(C)(C)Cc3cc(C)ccn3)[C@H](O)C2)CC(=O)[C@H](C)/C=C(\C)[C@@H](O)[C@@H](OC)C(=O)[C@H](C)C[C@H](C)[C@@H]2C=C[C@H](/C=C/1C)ON2c1ccccc1. The van der Waals surface area contributed by atoms with E-state index < -0.39 is 113 Å². The standard InChI is InChI=1S/C67H95N3O15/c1-39-27-28-68-48(30-39)38-66(9,10)65(78)83-56-26-22-47(35-55(56)72)33-42(4)58-37-54(71)41(3)32-45(7)60(74)61(81-12)59(73)44(6)31-40(2)52-25-24-51(85-70(52)49-18-14-13-15-19-49)34-43(5)57(80-11)36-50-23-21-46(8)67(79,84-50)62(75)63(76)69-29-17-16-20-53(69)64(77)82-58/h13-15,18-19,24-25,27-28,30,32,34,40-42,44,46-47,50-53,55-58,60-61,72,74,79H,16-17,20-23,26,29,31,33,35-38H2,1-12H3/b43-34+,45-32+/t40-,41+,42+,44+,46+,47-,50-,51+,52-,53?,55+,56+,57-,58+,60+,61-,67+/m0/s1. The van der Waals surface area contributed by atoms with Crippen LogP contribution in [-0.2, 0) is 63.7 Å². The van der Waals surface area contributed by atoms with E-state index in [0.717, 1.165) is 22.5 Å². The molecule has 1 aromatic heterocycles. The van der Waals surface area contributed by atoms with E-state index in [9.17, 15) is 44.1 Å². The Morgan fingerprint density at radius 2 is 1.60 bits per heavy atom. The molecular weight excluding hydrogens is 1090 g/mol. The molecular formula is C67H95N3O15. The highest BCUT2D eigenvalue weighted by molar-refractivity contribution is 6.39. The molecule has 17 atom stereocenters. The van der Waals surface area contributed by atoms with Crippen LogP contribution in [0, 0.1) is 47.8 Å². The van der Waals surface area contributed by atoms with Crippen LogP contribution < -0.4 is 5.06 Å². The van der Waals surface area contributed by atoms with Crippen LogP contribution in [0.3, 0.4) is 0 Å². The number of fused-ring (bicyclic) bond motifs is 16. The van der Waals surface area contributed by atoms with Gasteiger partial charge in [0.25, 0.3) is 11.7 Å². The van der Waals surface area contributed by atoms with Crippen LogP contribution >= 0.6 is 0 Å². The van der Waals surface area contributed by atoms with Crippen molar-refractivity contribution >= 4 is 40.9 Å². The van der Waals surface area contributed by atoms with Crippen molar-refractivity contribution in [2.45, 2.75) is 219 Å². The Morgan fingerprint density at radius 3 is 2.28 bits per heavy atom. The number of hydrogen-bond donors (Lipinski definition) is 3. The van der Waals surface area contributed by atoms with Crippen LogP contribution in [0.25, 0.3) is 0 Å². The van der Waals surface area contributed by atoms with Crippen molar-refractivity contribution in [3.8, 4) is 0 Å². The summed E-state index contributed by atoms with van der Waals surface area (Å²) in [5.74, 6) is -9.58. The second-order valence-corrected chi connectivity index (χ2v) is 26.0. The molecule has 468 valence electrons. The molecule has 8 rings (SSSR count). The van der Waals surface area contributed by atoms with Gasteiger partial charge in [0.2, 0.25) is 5.79 Å². The maximum Gasteiger partial charge on any atom is 0.329 e. The number of anilines is 1. The van der Waals surface area contributed by atoms with E-state index in [0.29, 0.717) is 63.4 Å². The van der Waals surface area contributed by atoms with Gasteiger partial charge < -0.3 is 43.9 Å². The Bertz CT molecular complexity index is 2750. The van der Waals surface area contributed by atoms with Crippen LogP contribution in [0.15, 0.2) is 84.1 Å². The zero-order valence-electron chi connectivity index (χ0n) is 52.1. The first-order valence-corrected chi connectivity index (χ1v) is 30.9. The van der Waals surface area contributed by atoms with Crippen LogP contribution in [0.5, 0.6) is 0 Å². The number of carbonyl (C=O) groups excluding carboxylic acids is 6. The third kappa shape index (κ3) is 16.6. The predicted molar refractivity (Wildman–Crippen MR) is 319 cm³/mol. The van der Waals surface area contributed by atoms with Gasteiger partial charge in [-0.05, 0) is 164 Å². The van der Waals surface area contributed by atoms with E-state index in [1.165, 1.54) is 12.0 Å². The number of benzene rings is 1. The molecule has 5 aliphatic heterocycles. The molecule has 1 amide bonds. The Morgan fingerprint density at radius 1 is 0.871 bits per heavy atom. The van der Waals surface area contributed by atoms with Gasteiger partial charge in [-0.2, -0.15) is 0 Å². The topological polar surface area (TPSA) is 238 Å². The van der Waals surface area contributed by atoms with Gasteiger partial charge in [0.15, 0.2) is 5.78 Å². The normalized spacial score (nSPS) is 35.5. The summed E-state index contributed by atoms with van der Waals surface area (Å²) in [6.45, 7) is 18.2. The van der Waals surface area contributed by atoms with Crippen LogP contribution in [0.1, 0.15) is 151 Å². The summed E-state index contributed by atoms with van der Waals surface area (Å²) in [6.07, 6.45) is 6.44. The minimum absolute atomic E-state index is 0.0328. The van der Waals surface area contributed by atoms with Crippen molar-refractivity contribution in [3.05, 3.63) is 95.4 Å².